The molecule has 2 aromatic carbocycles. The van der Waals surface area contributed by atoms with Crippen LogP contribution in [0.5, 0.6) is 0 Å². The molecule has 0 aliphatic heterocycles. The van der Waals surface area contributed by atoms with E-state index < -0.39 is 0 Å². The number of thioether (sulfide) groups is 1. The molecule has 0 spiro atoms. The summed E-state index contributed by atoms with van der Waals surface area (Å²) in [6.07, 6.45) is 4.20. The molecule has 4 rings (SSSR count). The molecule has 0 unspecified atom stereocenters. The Bertz CT molecular complexity index is 1270. The number of pyridine rings is 1. The highest BCUT2D eigenvalue weighted by Gasteiger charge is 2.16. The van der Waals surface area contributed by atoms with E-state index in [0.717, 1.165) is 23.2 Å². The predicted molar refractivity (Wildman–Crippen MR) is 124 cm³/mol. The van der Waals surface area contributed by atoms with Crippen molar-refractivity contribution in [2.24, 2.45) is 0 Å². The molecule has 156 valence electrons. The zero-order valence-electron chi connectivity index (χ0n) is 17.1. The van der Waals surface area contributed by atoms with Gasteiger partial charge in [-0.3, -0.25) is 19.1 Å². The van der Waals surface area contributed by atoms with Crippen molar-refractivity contribution in [1.29, 1.82) is 0 Å². The van der Waals surface area contributed by atoms with Crippen LogP contribution in [0.4, 0.5) is 0 Å². The summed E-state index contributed by atoms with van der Waals surface area (Å²) >= 11 is 1.26. The smallest absolute Gasteiger partial charge is 0.266 e. The Kier molecular flexibility index (Phi) is 6.43. The minimum atomic E-state index is -0.134. The Labute approximate surface area is 184 Å². The molecule has 31 heavy (non-hydrogen) atoms. The number of rotatable bonds is 7. The summed E-state index contributed by atoms with van der Waals surface area (Å²) in [7, 11) is 0. The maximum absolute atomic E-state index is 13.4. The number of para-hydroxylation sites is 2. The van der Waals surface area contributed by atoms with Crippen LogP contribution in [0, 0.1) is 0 Å². The summed E-state index contributed by atoms with van der Waals surface area (Å²) in [5.41, 5.74) is 3.26. The van der Waals surface area contributed by atoms with E-state index in [1.807, 2.05) is 54.6 Å². The van der Waals surface area contributed by atoms with Crippen molar-refractivity contribution in [3.05, 3.63) is 94.5 Å². The van der Waals surface area contributed by atoms with Gasteiger partial charge in [0.1, 0.15) is 0 Å². The van der Waals surface area contributed by atoms with Crippen LogP contribution in [-0.4, -0.2) is 26.2 Å². The molecule has 0 saturated carbocycles. The zero-order chi connectivity index (χ0) is 21.6. The molecule has 2 aromatic heterocycles. The number of carbonyl (C=O) groups is 1. The second-order valence-corrected chi connectivity index (χ2v) is 7.90. The van der Waals surface area contributed by atoms with Crippen molar-refractivity contribution in [2.45, 2.75) is 25.0 Å². The summed E-state index contributed by atoms with van der Waals surface area (Å²) in [5.74, 6) is 0.0193. The van der Waals surface area contributed by atoms with Gasteiger partial charge in [-0.2, -0.15) is 0 Å². The molecule has 0 atom stereocenters. The van der Waals surface area contributed by atoms with E-state index in [0.29, 0.717) is 22.6 Å². The monoisotopic (exact) mass is 430 g/mol. The lowest BCUT2D eigenvalue weighted by molar-refractivity contribution is -0.118. The number of amides is 1. The molecule has 4 aromatic rings. The Balaban J connectivity index is 1.65. The number of nitrogens with zero attached hydrogens (tertiary/aromatic N) is 3. The summed E-state index contributed by atoms with van der Waals surface area (Å²) in [6, 6.07) is 18.8. The highest BCUT2D eigenvalue weighted by molar-refractivity contribution is 7.99. The molecular weight excluding hydrogens is 408 g/mol. The molecule has 0 aliphatic carbocycles. The number of fused-ring (bicyclic) bond motifs is 1. The average molecular weight is 431 g/mol. The van der Waals surface area contributed by atoms with E-state index in [1.165, 1.54) is 11.8 Å². The van der Waals surface area contributed by atoms with E-state index in [-0.39, 0.29) is 17.2 Å². The Morgan fingerprint density at radius 1 is 1.06 bits per heavy atom. The quantitative estimate of drug-likeness (QED) is 0.357. The van der Waals surface area contributed by atoms with Crippen molar-refractivity contribution >= 4 is 28.6 Å². The van der Waals surface area contributed by atoms with Gasteiger partial charge in [-0.05, 0) is 41.8 Å². The first-order valence-corrected chi connectivity index (χ1v) is 11.0. The molecule has 0 saturated heterocycles. The van der Waals surface area contributed by atoms with Crippen LogP contribution in [0.1, 0.15) is 18.1 Å². The molecule has 7 heteroatoms. The summed E-state index contributed by atoms with van der Waals surface area (Å²) in [4.78, 5) is 34.6. The standard InChI is InChI=1S/C24H22N4O2S/c1-2-18-9-3-6-12-21(18)28-23(30)19-10-4-5-11-20(19)27-24(28)31-16-22(29)26-15-17-8-7-13-25-14-17/h3-14H,2,15-16H2,1H3,(H,26,29). The third-order valence-corrected chi connectivity index (χ3v) is 5.84. The number of aryl methyl sites for hydroxylation is 1. The van der Waals surface area contributed by atoms with Crippen molar-refractivity contribution in [2.75, 3.05) is 5.75 Å². The zero-order valence-corrected chi connectivity index (χ0v) is 17.9. The topological polar surface area (TPSA) is 76.9 Å². The van der Waals surface area contributed by atoms with Crippen molar-refractivity contribution in [3.63, 3.8) is 0 Å². The maximum atomic E-state index is 13.4. The van der Waals surface area contributed by atoms with Crippen LogP contribution in [-0.2, 0) is 17.8 Å². The molecule has 0 bridgehead atoms. The molecule has 6 nitrogen and oxygen atoms in total. The largest absolute Gasteiger partial charge is 0.351 e. The summed E-state index contributed by atoms with van der Waals surface area (Å²) < 4.78 is 1.63. The van der Waals surface area contributed by atoms with Crippen LogP contribution in [0.2, 0.25) is 0 Å². The first-order chi connectivity index (χ1) is 15.2. The number of nitrogens with one attached hydrogen (secondary N) is 1. The average Bonchev–Trinajstić information content (AvgIpc) is 2.82. The third kappa shape index (κ3) is 4.67. The minimum Gasteiger partial charge on any atom is -0.351 e. The molecular formula is C24H22N4O2S. The Hall–Kier alpha value is -3.45. The minimum absolute atomic E-state index is 0.133. The second kappa shape index (κ2) is 9.57. The van der Waals surface area contributed by atoms with Crippen LogP contribution in [0.15, 0.2) is 83.0 Å². The molecule has 1 amide bonds. The van der Waals surface area contributed by atoms with Crippen molar-refractivity contribution in [1.82, 2.24) is 19.9 Å². The fourth-order valence-corrected chi connectivity index (χ4v) is 4.17. The van der Waals surface area contributed by atoms with Gasteiger partial charge in [0.05, 0.1) is 22.3 Å². The molecule has 2 heterocycles. The van der Waals surface area contributed by atoms with Gasteiger partial charge in [0, 0.05) is 18.9 Å². The Morgan fingerprint density at radius 2 is 1.87 bits per heavy atom. The lowest BCUT2D eigenvalue weighted by Crippen LogP contribution is -2.26. The van der Waals surface area contributed by atoms with Gasteiger partial charge < -0.3 is 5.32 Å². The Morgan fingerprint density at radius 3 is 2.68 bits per heavy atom. The van der Waals surface area contributed by atoms with Gasteiger partial charge in [0.15, 0.2) is 5.16 Å². The fraction of sp³-hybridized carbons (Fsp3) is 0.167. The van der Waals surface area contributed by atoms with Gasteiger partial charge in [-0.15, -0.1) is 0 Å². The van der Waals surface area contributed by atoms with Crippen molar-refractivity contribution < 1.29 is 4.79 Å². The van der Waals surface area contributed by atoms with E-state index in [2.05, 4.69) is 17.2 Å². The molecule has 0 fully saturated rings. The maximum Gasteiger partial charge on any atom is 0.266 e. The summed E-state index contributed by atoms with van der Waals surface area (Å²) in [6.45, 7) is 2.46. The number of aromatic nitrogens is 3. The van der Waals surface area contributed by atoms with Crippen molar-refractivity contribution in [3.8, 4) is 5.69 Å². The van der Waals surface area contributed by atoms with Gasteiger partial charge in [0.2, 0.25) is 5.91 Å². The predicted octanol–water partition coefficient (Wildman–Crippen LogP) is 3.75. The van der Waals surface area contributed by atoms with Crippen LogP contribution < -0.4 is 10.9 Å². The first kappa shape index (κ1) is 20.8. The van der Waals surface area contributed by atoms with E-state index in [4.69, 9.17) is 4.98 Å². The molecule has 1 N–H and O–H groups in total. The SMILES string of the molecule is CCc1ccccc1-n1c(SCC(=O)NCc2cccnc2)nc2ccccc2c1=O. The van der Waals surface area contributed by atoms with E-state index in [1.54, 1.807) is 23.0 Å². The van der Waals surface area contributed by atoms with Crippen LogP contribution >= 0.6 is 11.8 Å². The van der Waals surface area contributed by atoms with Gasteiger partial charge in [-0.25, -0.2) is 4.98 Å². The lowest BCUT2D eigenvalue weighted by Gasteiger charge is -2.16. The molecule has 0 aliphatic rings. The van der Waals surface area contributed by atoms with Gasteiger partial charge in [0.25, 0.3) is 5.56 Å². The van der Waals surface area contributed by atoms with Gasteiger partial charge >= 0.3 is 0 Å². The highest BCUT2D eigenvalue weighted by atomic mass is 32.2. The first-order valence-electron chi connectivity index (χ1n) is 10.1. The number of hydrogen-bond donors (Lipinski definition) is 1. The molecule has 0 radical (unpaired) electrons. The van der Waals surface area contributed by atoms with E-state index >= 15 is 0 Å². The van der Waals surface area contributed by atoms with E-state index in [9.17, 15) is 9.59 Å². The second-order valence-electron chi connectivity index (χ2n) is 6.96. The van der Waals surface area contributed by atoms with Crippen LogP contribution in [0.25, 0.3) is 16.6 Å². The number of carbonyl (C=O) groups excluding carboxylic acids is 1. The number of hydrogen-bond acceptors (Lipinski definition) is 5. The van der Waals surface area contributed by atoms with Crippen LogP contribution in [0.3, 0.4) is 0 Å². The number of benzene rings is 2. The highest BCUT2D eigenvalue weighted by Crippen LogP contribution is 2.23. The normalized spacial score (nSPS) is 10.9. The van der Waals surface area contributed by atoms with Gasteiger partial charge in [-0.1, -0.05) is 55.1 Å². The fourth-order valence-electron chi connectivity index (χ4n) is 3.33. The third-order valence-electron chi connectivity index (χ3n) is 4.90. The summed E-state index contributed by atoms with van der Waals surface area (Å²) in [5, 5.41) is 3.94. The lowest BCUT2D eigenvalue weighted by atomic mass is 10.1.